The van der Waals surface area contributed by atoms with Crippen LogP contribution in [0.25, 0.3) is 11.4 Å². The molecule has 3 heterocycles. The fraction of sp³-hybridized carbons (Fsp3) is 0.294. The minimum Gasteiger partial charge on any atom is -0.364 e. The quantitative estimate of drug-likeness (QED) is 0.801. The van der Waals surface area contributed by atoms with Crippen LogP contribution in [0.4, 0.5) is 5.69 Å². The topological polar surface area (TPSA) is 85.8 Å². The lowest BCUT2D eigenvalue weighted by molar-refractivity contribution is 0.101. The maximum absolute atomic E-state index is 12.1. The highest BCUT2D eigenvalue weighted by molar-refractivity contribution is 6.02. The maximum Gasteiger partial charge on any atom is 0.277 e. The predicted molar refractivity (Wildman–Crippen MR) is 87.5 cm³/mol. The van der Waals surface area contributed by atoms with Crippen LogP contribution in [0.5, 0.6) is 0 Å². The number of hydrogen-bond donors (Lipinski definition) is 1. The molecule has 24 heavy (non-hydrogen) atoms. The van der Waals surface area contributed by atoms with Gasteiger partial charge in [0, 0.05) is 30.3 Å². The van der Waals surface area contributed by atoms with Gasteiger partial charge in [0.05, 0.1) is 0 Å². The summed E-state index contributed by atoms with van der Waals surface area (Å²) >= 11 is 0. The fourth-order valence-corrected chi connectivity index (χ4v) is 2.96. The number of aryl methyl sites for hydroxylation is 1. The molecule has 0 aliphatic carbocycles. The number of hydrogen-bond acceptors (Lipinski definition) is 5. The molecule has 0 spiro atoms. The number of anilines is 1. The predicted octanol–water partition coefficient (Wildman–Crippen LogP) is 2.91. The van der Waals surface area contributed by atoms with E-state index in [1.165, 1.54) is 18.8 Å². The van der Waals surface area contributed by atoms with Gasteiger partial charge in [-0.05, 0) is 25.0 Å². The molecule has 4 rings (SSSR count). The Morgan fingerprint density at radius 1 is 1.17 bits per heavy atom. The molecule has 1 N–H and O–H groups in total. The van der Waals surface area contributed by atoms with Gasteiger partial charge in [-0.25, -0.2) is 0 Å². The molecular weight excluding hydrogens is 306 g/mol. The molecule has 0 saturated carbocycles. The van der Waals surface area contributed by atoms with E-state index in [1.807, 2.05) is 24.3 Å². The third kappa shape index (κ3) is 2.80. The van der Waals surface area contributed by atoms with E-state index in [2.05, 4.69) is 25.2 Å². The SMILES string of the molecule is O=C(Nc1cccc(-c2nnc3n2CCCCC3)c1)c1ccon1. The van der Waals surface area contributed by atoms with Crippen LogP contribution in [-0.4, -0.2) is 25.8 Å². The van der Waals surface area contributed by atoms with Crippen LogP contribution < -0.4 is 5.32 Å². The molecule has 0 bridgehead atoms. The van der Waals surface area contributed by atoms with Crippen molar-refractivity contribution in [2.75, 3.05) is 5.32 Å². The maximum atomic E-state index is 12.1. The zero-order chi connectivity index (χ0) is 16.4. The van der Waals surface area contributed by atoms with Crippen molar-refractivity contribution in [3.63, 3.8) is 0 Å². The molecule has 0 fully saturated rings. The van der Waals surface area contributed by atoms with Crippen LogP contribution in [0, 0.1) is 0 Å². The average Bonchev–Trinajstić information content (AvgIpc) is 3.21. The van der Waals surface area contributed by atoms with Crippen molar-refractivity contribution >= 4 is 11.6 Å². The molecule has 0 unspecified atom stereocenters. The third-order valence-electron chi connectivity index (χ3n) is 4.16. The number of carbonyl (C=O) groups excluding carboxylic acids is 1. The average molecular weight is 323 g/mol. The van der Waals surface area contributed by atoms with Gasteiger partial charge in [0.2, 0.25) is 0 Å². The van der Waals surface area contributed by atoms with E-state index < -0.39 is 0 Å². The molecule has 0 atom stereocenters. The van der Waals surface area contributed by atoms with E-state index in [1.54, 1.807) is 0 Å². The summed E-state index contributed by atoms with van der Waals surface area (Å²) in [5.41, 5.74) is 1.87. The Kier molecular flexibility index (Phi) is 3.82. The summed E-state index contributed by atoms with van der Waals surface area (Å²) < 4.78 is 6.88. The first kappa shape index (κ1) is 14.6. The van der Waals surface area contributed by atoms with Gasteiger partial charge in [-0.3, -0.25) is 4.79 Å². The number of benzene rings is 1. The largest absolute Gasteiger partial charge is 0.364 e. The molecule has 0 saturated heterocycles. The van der Waals surface area contributed by atoms with E-state index in [0.29, 0.717) is 5.69 Å². The van der Waals surface area contributed by atoms with Gasteiger partial charge in [0.15, 0.2) is 11.5 Å². The van der Waals surface area contributed by atoms with Crippen molar-refractivity contribution in [3.8, 4) is 11.4 Å². The lowest BCUT2D eigenvalue weighted by atomic mass is 10.2. The highest BCUT2D eigenvalue weighted by atomic mass is 16.5. The van der Waals surface area contributed by atoms with Crippen molar-refractivity contribution in [3.05, 3.63) is 48.1 Å². The van der Waals surface area contributed by atoms with Crippen LogP contribution in [0.2, 0.25) is 0 Å². The van der Waals surface area contributed by atoms with Crippen LogP contribution in [0.1, 0.15) is 35.6 Å². The Balaban J connectivity index is 1.61. The first-order valence-corrected chi connectivity index (χ1v) is 8.05. The molecule has 3 aromatic rings. The second-order valence-electron chi connectivity index (χ2n) is 5.82. The van der Waals surface area contributed by atoms with Crippen molar-refractivity contribution in [2.24, 2.45) is 0 Å². The van der Waals surface area contributed by atoms with Gasteiger partial charge >= 0.3 is 0 Å². The fourth-order valence-electron chi connectivity index (χ4n) is 2.96. The minimum absolute atomic E-state index is 0.247. The van der Waals surface area contributed by atoms with E-state index in [9.17, 15) is 4.79 Å². The normalized spacial score (nSPS) is 14.0. The number of aromatic nitrogens is 4. The number of carbonyl (C=O) groups is 1. The summed E-state index contributed by atoms with van der Waals surface area (Å²) in [6.07, 6.45) is 5.86. The van der Waals surface area contributed by atoms with Gasteiger partial charge in [-0.1, -0.05) is 23.7 Å². The summed E-state index contributed by atoms with van der Waals surface area (Å²) in [4.78, 5) is 12.1. The zero-order valence-electron chi connectivity index (χ0n) is 13.1. The molecule has 1 aliphatic rings. The summed E-state index contributed by atoms with van der Waals surface area (Å²) in [7, 11) is 0. The highest BCUT2D eigenvalue weighted by Crippen LogP contribution is 2.25. The smallest absolute Gasteiger partial charge is 0.277 e. The Labute approximate surface area is 138 Å². The van der Waals surface area contributed by atoms with Crippen LogP contribution >= 0.6 is 0 Å². The number of nitrogens with zero attached hydrogens (tertiary/aromatic N) is 4. The molecule has 2 aromatic heterocycles. The summed E-state index contributed by atoms with van der Waals surface area (Å²) in [6.45, 7) is 0.938. The van der Waals surface area contributed by atoms with Crippen LogP contribution in [0.3, 0.4) is 0 Å². The molecule has 1 aliphatic heterocycles. The standard InChI is InChI=1S/C17H17N5O2/c23-17(14-8-10-24-21-14)18-13-6-4-5-12(11-13)16-20-19-15-7-2-1-3-9-22(15)16/h4-6,8,10-11H,1-3,7,9H2,(H,18,23). The Hall–Kier alpha value is -2.96. The number of amides is 1. The Morgan fingerprint density at radius 2 is 2.12 bits per heavy atom. The molecule has 1 aromatic carbocycles. The molecule has 1 amide bonds. The number of rotatable bonds is 3. The summed E-state index contributed by atoms with van der Waals surface area (Å²) in [5, 5.41) is 15.1. The van der Waals surface area contributed by atoms with E-state index in [-0.39, 0.29) is 11.6 Å². The van der Waals surface area contributed by atoms with Crippen molar-refractivity contribution < 1.29 is 9.32 Å². The lowest BCUT2D eigenvalue weighted by Gasteiger charge is -2.09. The van der Waals surface area contributed by atoms with Crippen LogP contribution in [-0.2, 0) is 13.0 Å². The first-order valence-electron chi connectivity index (χ1n) is 8.05. The van der Waals surface area contributed by atoms with E-state index in [0.717, 1.165) is 43.0 Å². The molecule has 7 nitrogen and oxygen atoms in total. The van der Waals surface area contributed by atoms with E-state index >= 15 is 0 Å². The number of nitrogens with one attached hydrogen (secondary N) is 1. The summed E-state index contributed by atoms with van der Waals surface area (Å²) in [6, 6.07) is 9.14. The van der Waals surface area contributed by atoms with Crippen molar-refractivity contribution in [1.82, 2.24) is 19.9 Å². The second kappa shape index (κ2) is 6.27. The van der Waals surface area contributed by atoms with Crippen LogP contribution in [0.15, 0.2) is 41.1 Å². The lowest BCUT2D eigenvalue weighted by Crippen LogP contribution is -2.12. The van der Waals surface area contributed by atoms with Crippen molar-refractivity contribution in [1.29, 1.82) is 0 Å². The number of fused-ring (bicyclic) bond motifs is 1. The monoisotopic (exact) mass is 323 g/mol. The third-order valence-corrected chi connectivity index (χ3v) is 4.16. The van der Waals surface area contributed by atoms with E-state index in [4.69, 9.17) is 4.52 Å². The van der Waals surface area contributed by atoms with Crippen molar-refractivity contribution in [2.45, 2.75) is 32.2 Å². The Morgan fingerprint density at radius 3 is 3.00 bits per heavy atom. The molecular formula is C17H17N5O2. The van der Waals surface area contributed by atoms with Gasteiger partial charge in [0.1, 0.15) is 12.1 Å². The molecule has 7 heteroatoms. The second-order valence-corrected chi connectivity index (χ2v) is 5.82. The zero-order valence-corrected chi connectivity index (χ0v) is 13.1. The van der Waals surface area contributed by atoms with Gasteiger partial charge in [0.25, 0.3) is 5.91 Å². The summed E-state index contributed by atoms with van der Waals surface area (Å²) in [5.74, 6) is 1.59. The molecule has 0 radical (unpaired) electrons. The van der Waals surface area contributed by atoms with Gasteiger partial charge in [-0.15, -0.1) is 10.2 Å². The van der Waals surface area contributed by atoms with Gasteiger partial charge < -0.3 is 14.4 Å². The van der Waals surface area contributed by atoms with Gasteiger partial charge in [-0.2, -0.15) is 0 Å². The Bertz CT molecular complexity index is 854. The first-order chi connectivity index (χ1) is 11.8. The highest BCUT2D eigenvalue weighted by Gasteiger charge is 2.16. The minimum atomic E-state index is -0.305. The molecule has 122 valence electrons.